The summed E-state index contributed by atoms with van der Waals surface area (Å²) >= 11 is 0. The van der Waals surface area contributed by atoms with Crippen molar-refractivity contribution in [2.75, 3.05) is 6.61 Å². The SMILES string of the molecule is CCCCOC(=O)N1C(=O)CCCC1=O. The van der Waals surface area contributed by atoms with Crippen LogP contribution in [0.1, 0.15) is 39.0 Å². The van der Waals surface area contributed by atoms with Gasteiger partial charge in [0.15, 0.2) is 0 Å². The highest BCUT2D eigenvalue weighted by Gasteiger charge is 2.32. The van der Waals surface area contributed by atoms with Gasteiger partial charge in [-0.2, -0.15) is 4.90 Å². The molecular weight excluding hydrogens is 198 g/mol. The zero-order chi connectivity index (χ0) is 11.3. The van der Waals surface area contributed by atoms with Crippen molar-refractivity contribution in [3.8, 4) is 0 Å². The molecule has 84 valence electrons. The predicted molar refractivity (Wildman–Crippen MR) is 52.0 cm³/mol. The number of ether oxygens (including phenoxy) is 1. The Labute approximate surface area is 88.4 Å². The van der Waals surface area contributed by atoms with Crippen LogP contribution in [0.5, 0.6) is 0 Å². The minimum atomic E-state index is -0.821. The smallest absolute Gasteiger partial charge is 0.423 e. The molecule has 1 heterocycles. The van der Waals surface area contributed by atoms with Gasteiger partial charge >= 0.3 is 6.09 Å². The van der Waals surface area contributed by atoms with E-state index in [1.165, 1.54) is 0 Å². The molecule has 0 aromatic heterocycles. The molecule has 0 radical (unpaired) electrons. The number of amides is 3. The van der Waals surface area contributed by atoms with Gasteiger partial charge in [0.1, 0.15) is 0 Å². The second kappa shape index (κ2) is 5.48. The van der Waals surface area contributed by atoms with E-state index in [2.05, 4.69) is 0 Å². The van der Waals surface area contributed by atoms with Crippen molar-refractivity contribution < 1.29 is 19.1 Å². The average Bonchev–Trinajstić information content (AvgIpc) is 2.18. The first-order valence-corrected chi connectivity index (χ1v) is 5.19. The first kappa shape index (κ1) is 11.7. The second-order valence-electron chi connectivity index (χ2n) is 3.44. The molecule has 0 saturated carbocycles. The van der Waals surface area contributed by atoms with E-state index in [-0.39, 0.29) is 19.4 Å². The van der Waals surface area contributed by atoms with Crippen LogP contribution in [0, 0.1) is 0 Å². The predicted octanol–water partition coefficient (Wildman–Crippen LogP) is 1.46. The lowest BCUT2D eigenvalue weighted by atomic mass is 10.1. The van der Waals surface area contributed by atoms with Crippen LogP contribution in [0.15, 0.2) is 0 Å². The summed E-state index contributed by atoms with van der Waals surface area (Å²) in [6, 6.07) is 0. The van der Waals surface area contributed by atoms with Crippen molar-refractivity contribution in [3.63, 3.8) is 0 Å². The van der Waals surface area contributed by atoms with E-state index in [1.807, 2.05) is 6.92 Å². The lowest BCUT2D eigenvalue weighted by Crippen LogP contribution is -2.44. The molecule has 5 nitrogen and oxygen atoms in total. The maximum atomic E-state index is 11.4. The maximum absolute atomic E-state index is 11.4. The Bertz CT molecular complexity index is 259. The summed E-state index contributed by atoms with van der Waals surface area (Å²) in [7, 11) is 0. The molecule has 1 aliphatic rings. The van der Waals surface area contributed by atoms with Gasteiger partial charge in [-0.25, -0.2) is 4.79 Å². The van der Waals surface area contributed by atoms with Gasteiger partial charge in [0.05, 0.1) is 6.61 Å². The molecular formula is C10H15NO4. The van der Waals surface area contributed by atoms with Crippen LogP contribution >= 0.6 is 0 Å². The van der Waals surface area contributed by atoms with E-state index in [0.717, 1.165) is 12.8 Å². The Morgan fingerprint density at radius 3 is 2.47 bits per heavy atom. The van der Waals surface area contributed by atoms with Crippen molar-refractivity contribution >= 4 is 17.9 Å². The van der Waals surface area contributed by atoms with Crippen LogP contribution in [-0.4, -0.2) is 29.4 Å². The molecule has 1 saturated heterocycles. The van der Waals surface area contributed by atoms with Gasteiger partial charge in [0.2, 0.25) is 11.8 Å². The van der Waals surface area contributed by atoms with Gasteiger partial charge in [-0.05, 0) is 12.8 Å². The van der Waals surface area contributed by atoms with Gasteiger partial charge in [0, 0.05) is 12.8 Å². The summed E-state index contributed by atoms with van der Waals surface area (Å²) in [5.41, 5.74) is 0. The number of likely N-dealkylation sites (tertiary alicyclic amines) is 1. The molecule has 1 rings (SSSR count). The summed E-state index contributed by atoms with van der Waals surface area (Å²) in [4.78, 5) is 34.5. The third-order valence-corrected chi connectivity index (χ3v) is 2.19. The summed E-state index contributed by atoms with van der Waals surface area (Å²) in [5.74, 6) is -0.902. The van der Waals surface area contributed by atoms with Crippen LogP contribution in [0.4, 0.5) is 4.79 Å². The Hall–Kier alpha value is -1.39. The molecule has 15 heavy (non-hydrogen) atoms. The molecule has 0 N–H and O–H groups in total. The van der Waals surface area contributed by atoms with E-state index >= 15 is 0 Å². The normalized spacial score (nSPS) is 16.7. The number of carbonyl (C=O) groups is 3. The van der Waals surface area contributed by atoms with Crippen molar-refractivity contribution in [1.29, 1.82) is 0 Å². The van der Waals surface area contributed by atoms with Crippen LogP contribution in [0.2, 0.25) is 0 Å². The van der Waals surface area contributed by atoms with E-state index in [1.54, 1.807) is 0 Å². The molecule has 5 heteroatoms. The topological polar surface area (TPSA) is 63.7 Å². The molecule has 1 fully saturated rings. The summed E-state index contributed by atoms with van der Waals surface area (Å²) in [6.07, 6.45) is 1.83. The van der Waals surface area contributed by atoms with Crippen molar-refractivity contribution in [2.45, 2.75) is 39.0 Å². The molecule has 0 bridgehead atoms. The minimum Gasteiger partial charge on any atom is -0.449 e. The Morgan fingerprint density at radius 1 is 1.33 bits per heavy atom. The number of carbonyl (C=O) groups excluding carboxylic acids is 3. The fourth-order valence-electron chi connectivity index (χ4n) is 1.33. The minimum absolute atomic E-state index is 0.245. The largest absolute Gasteiger partial charge is 0.449 e. The standard InChI is InChI=1S/C10H15NO4/c1-2-3-7-15-10(14)11-8(12)5-4-6-9(11)13/h2-7H2,1H3. The van der Waals surface area contributed by atoms with Crippen LogP contribution in [0.25, 0.3) is 0 Å². The first-order valence-electron chi connectivity index (χ1n) is 5.19. The Kier molecular flexibility index (Phi) is 4.27. The zero-order valence-electron chi connectivity index (χ0n) is 8.82. The number of hydrogen-bond acceptors (Lipinski definition) is 4. The van der Waals surface area contributed by atoms with Crippen LogP contribution in [-0.2, 0) is 14.3 Å². The van der Waals surface area contributed by atoms with E-state index < -0.39 is 17.9 Å². The Morgan fingerprint density at radius 2 is 1.93 bits per heavy atom. The van der Waals surface area contributed by atoms with Crippen LogP contribution < -0.4 is 0 Å². The molecule has 3 amide bonds. The lowest BCUT2D eigenvalue weighted by molar-refractivity contribution is -0.145. The average molecular weight is 213 g/mol. The van der Waals surface area contributed by atoms with Gasteiger partial charge < -0.3 is 4.74 Å². The third-order valence-electron chi connectivity index (χ3n) is 2.19. The van der Waals surface area contributed by atoms with Gasteiger partial charge in [0.25, 0.3) is 0 Å². The highest BCUT2D eigenvalue weighted by Crippen LogP contribution is 2.13. The lowest BCUT2D eigenvalue weighted by Gasteiger charge is -2.22. The number of piperidine rings is 1. The van der Waals surface area contributed by atoms with Crippen molar-refractivity contribution in [3.05, 3.63) is 0 Å². The number of rotatable bonds is 3. The highest BCUT2D eigenvalue weighted by atomic mass is 16.6. The quantitative estimate of drug-likeness (QED) is 0.526. The van der Waals surface area contributed by atoms with E-state index in [4.69, 9.17) is 4.74 Å². The summed E-state index contributed by atoms with van der Waals surface area (Å²) in [5, 5.41) is 0. The highest BCUT2D eigenvalue weighted by molar-refractivity contribution is 6.10. The number of nitrogens with zero attached hydrogens (tertiary/aromatic N) is 1. The number of imide groups is 3. The van der Waals surface area contributed by atoms with Crippen molar-refractivity contribution in [2.24, 2.45) is 0 Å². The third kappa shape index (κ3) is 3.04. The molecule has 0 unspecified atom stereocenters. The summed E-state index contributed by atoms with van der Waals surface area (Å²) < 4.78 is 4.81. The monoisotopic (exact) mass is 213 g/mol. The fraction of sp³-hybridized carbons (Fsp3) is 0.700. The van der Waals surface area contributed by atoms with Gasteiger partial charge in [-0.1, -0.05) is 13.3 Å². The van der Waals surface area contributed by atoms with E-state index in [0.29, 0.717) is 11.3 Å². The molecule has 0 spiro atoms. The fourth-order valence-corrected chi connectivity index (χ4v) is 1.33. The molecule has 0 aliphatic carbocycles. The van der Waals surface area contributed by atoms with Gasteiger partial charge in [-0.3, -0.25) is 9.59 Å². The second-order valence-corrected chi connectivity index (χ2v) is 3.44. The zero-order valence-corrected chi connectivity index (χ0v) is 8.82. The van der Waals surface area contributed by atoms with Crippen molar-refractivity contribution in [1.82, 2.24) is 4.90 Å². The Balaban J connectivity index is 2.48. The van der Waals surface area contributed by atoms with Crippen LogP contribution in [0.3, 0.4) is 0 Å². The number of hydrogen-bond donors (Lipinski definition) is 0. The molecule has 0 aromatic rings. The maximum Gasteiger partial charge on any atom is 0.423 e. The summed E-state index contributed by atoms with van der Waals surface area (Å²) in [6.45, 7) is 2.22. The molecule has 0 atom stereocenters. The number of unbranched alkanes of at least 4 members (excludes halogenated alkanes) is 1. The first-order chi connectivity index (χ1) is 7.16. The molecule has 0 aromatic carbocycles. The molecule has 1 aliphatic heterocycles. The van der Waals surface area contributed by atoms with Gasteiger partial charge in [-0.15, -0.1) is 0 Å². The van der Waals surface area contributed by atoms with E-state index in [9.17, 15) is 14.4 Å².